The first-order chi connectivity index (χ1) is 17.2. The van der Waals surface area contributed by atoms with E-state index in [2.05, 4.69) is 6.58 Å². The molecule has 3 fully saturated rings. The Morgan fingerprint density at radius 1 is 1.36 bits per heavy atom. The van der Waals surface area contributed by atoms with Gasteiger partial charge in [0.05, 0.1) is 28.8 Å². The Kier molecular flexibility index (Phi) is 7.51. The summed E-state index contributed by atoms with van der Waals surface area (Å²) >= 11 is 6.48. The molecule has 0 radical (unpaired) electrons. The van der Waals surface area contributed by atoms with Crippen molar-refractivity contribution in [3.8, 4) is 0 Å². The molecule has 8 nitrogen and oxygen atoms in total. The molecule has 0 saturated carbocycles. The third kappa shape index (κ3) is 3.94. The summed E-state index contributed by atoms with van der Waals surface area (Å²) in [7, 11) is 0. The normalized spacial score (nSPS) is 32.5. The highest BCUT2D eigenvalue weighted by Crippen LogP contribution is 2.65. The van der Waals surface area contributed by atoms with Crippen molar-refractivity contribution < 1.29 is 29.0 Å². The predicted molar refractivity (Wildman–Crippen MR) is 135 cm³/mol. The molecule has 36 heavy (non-hydrogen) atoms. The van der Waals surface area contributed by atoms with Gasteiger partial charge < -0.3 is 24.4 Å². The van der Waals surface area contributed by atoms with Crippen LogP contribution in [-0.2, 0) is 23.9 Å². The number of carbonyl (C=O) groups excluding carboxylic acids is 3. The molecule has 2 amide bonds. The molecule has 3 saturated heterocycles. The van der Waals surface area contributed by atoms with Crippen LogP contribution in [0.4, 0.5) is 5.69 Å². The molecule has 4 rings (SSSR count). The van der Waals surface area contributed by atoms with Gasteiger partial charge in [-0.15, -0.1) is 6.58 Å². The minimum absolute atomic E-state index is 0.0194. The quantitative estimate of drug-likeness (QED) is 0.290. The molecule has 1 spiro atoms. The Morgan fingerprint density at radius 3 is 2.72 bits per heavy atom. The Balaban J connectivity index is 1.82. The molecule has 1 N–H and O–H groups in total. The maximum absolute atomic E-state index is 14.4. The van der Waals surface area contributed by atoms with E-state index in [9.17, 15) is 19.5 Å². The lowest BCUT2D eigenvalue weighted by molar-refractivity contribution is -0.161. The molecule has 3 aliphatic heterocycles. The van der Waals surface area contributed by atoms with Crippen LogP contribution < -0.4 is 4.90 Å². The smallest absolute Gasteiger partial charge is 0.312 e. The summed E-state index contributed by atoms with van der Waals surface area (Å²) in [4.78, 5) is 44.7. The molecule has 196 valence electrons. The second-order valence-corrected chi connectivity index (χ2v) is 10.5. The Morgan fingerprint density at radius 2 is 2.08 bits per heavy atom. The van der Waals surface area contributed by atoms with E-state index in [4.69, 9.17) is 21.1 Å². The van der Waals surface area contributed by atoms with Crippen molar-refractivity contribution in [1.82, 2.24) is 4.90 Å². The van der Waals surface area contributed by atoms with Gasteiger partial charge in [-0.25, -0.2) is 0 Å². The number of ether oxygens (including phenoxy) is 2. The number of amides is 2. The van der Waals surface area contributed by atoms with Crippen LogP contribution in [0.3, 0.4) is 0 Å². The topological polar surface area (TPSA) is 96.4 Å². The monoisotopic (exact) mass is 518 g/mol. The predicted octanol–water partition coefficient (Wildman–Crippen LogP) is 3.21. The van der Waals surface area contributed by atoms with Crippen LogP contribution >= 0.6 is 11.6 Å². The van der Waals surface area contributed by atoms with Crippen LogP contribution in [-0.4, -0.2) is 71.3 Å². The second-order valence-electron chi connectivity index (χ2n) is 10.1. The average Bonchev–Trinajstić information content (AvgIpc) is 3.35. The zero-order chi connectivity index (χ0) is 26.3. The molecule has 3 heterocycles. The van der Waals surface area contributed by atoms with Gasteiger partial charge in [0.1, 0.15) is 17.6 Å². The Bertz CT molecular complexity index is 1050. The van der Waals surface area contributed by atoms with Crippen molar-refractivity contribution in [2.24, 2.45) is 17.8 Å². The highest BCUT2D eigenvalue weighted by Gasteiger charge is 2.80. The van der Waals surface area contributed by atoms with Crippen LogP contribution in [0.5, 0.6) is 0 Å². The van der Waals surface area contributed by atoms with E-state index in [-0.39, 0.29) is 44.0 Å². The molecule has 3 unspecified atom stereocenters. The molecule has 3 aliphatic rings. The first-order valence-corrected chi connectivity index (χ1v) is 13.0. The maximum Gasteiger partial charge on any atom is 0.312 e. The van der Waals surface area contributed by atoms with Crippen molar-refractivity contribution in [2.45, 2.75) is 57.3 Å². The van der Waals surface area contributed by atoms with Gasteiger partial charge in [-0.05, 0) is 51.2 Å². The minimum Gasteiger partial charge on any atom is -0.466 e. The molecular formula is C27H35ClN2O6. The van der Waals surface area contributed by atoms with Crippen LogP contribution in [0.15, 0.2) is 36.9 Å². The third-order valence-electron chi connectivity index (χ3n) is 8.12. The molecule has 1 aromatic carbocycles. The first kappa shape index (κ1) is 26.6. The number of benzene rings is 1. The first-order valence-electron chi connectivity index (χ1n) is 12.6. The zero-order valence-electron chi connectivity index (χ0n) is 21.1. The minimum atomic E-state index is -1.17. The number of fused-ring (bicyclic) bond motifs is 1. The highest BCUT2D eigenvalue weighted by atomic mass is 35.5. The largest absolute Gasteiger partial charge is 0.466 e. The number of aliphatic hydroxyl groups excluding tert-OH is 1. The summed E-state index contributed by atoms with van der Waals surface area (Å²) < 4.78 is 12.1. The van der Waals surface area contributed by atoms with Gasteiger partial charge in [0.2, 0.25) is 5.91 Å². The van der Waals surface area contributed by atoms with Crippen LogP contribution in [0, 0.1) is 17.8 Å². The van der Waals surface area contributed by atoms with Crippen molar-refractivity contribution in [3.05, 3.63) is 41.9 Å². The number of unbranched alkanes of at least 4 members (excludes halogenated alkanes) is 1. The maximum atomic E-state index is 14.4. The number of rotatable bonds is 10. The number of aliphatic hydroxyl groups is 1. The fourth-order valence-corrected chi connectivity index (χ4v) is 6.74. The molecule has 0 aromatic heterocycles. The van der Waals surface area contributed by atoms with E-state index >= 15 is 0 Å². The SMILES string of the molecule is C=CCN(C(=O)C1N(CCCCO)C(=O)[C@@H]2[C@H](C(=O)OCC)[C@@]3(C)OC12CC3C)c1ccccc1Cl. The van der Waals surface area contributed by atoms with Crippen molar-refractivity contribution in [1.29, 1.82) is 0 Å². The number of hydrogen-bond donors (Lipinski definition) is 1. The van der Waals surface area contributed by atoms with Gasteiger partial charge in [0, 0.05) is 19.7 Å². The van der Waals surface area contributed by atoms with Gasteiger partial charge in [0.15, 0.2) is 0 Å². The summed E-state index contributed by atoms with van der Waals surface area (Å²) in [6.07, 6.45) is 3.08. The van der Waals surface area contributed by atoms with Gasteiger partial charge in [-0.1, -0.05) is 36.7 Å². The number of halogens is 1. The number of nitrogens with zero attached hydrogens (tertiary/aromatic N) is 2. The number of anilines is 1. The Labute approximate surface area is 217 Å². The molecule has 9 heteroatoms. The van der Waals surface area contributed by atoms with Crippen LogP contribution in [0.25, 0.3) is 0 Å². The van der Waals surface area contributed by atoms with E-state index in [1.54, 1.807) is 42.2 Å². The fraction of sp³-hybridized carbons (Fsp3) is 0.593. The third-order valence-corrected chi connectivity index (χ3v) is 8.44. The van der Waals surface area contributed by atoms with Crippen molar-refractivity contribution in [3.63, 3.8) is 0 Å². The standard InChI is InChI=1S/C27H35ClN2O6/c1-5-13-29(19-12-8-7-11-18(19)28)24(33)22-27-16-17(3)26(4,36-27)21(25(34)35-6-2)20(27)23(32)30(22)14-9-10-15-31/h5,7-8,11-12,17,20-22,31H,1,6,9-10,13-16H2,2-4H3/t17?,20-,21+,22?,26-,27?/m0/s1. The summed E-state index contributed by atoms with van der Waals surface area (Å²) in [6.45, 7) is 10.0. The lowest BCUT2D eigenvalue weighted by Gasteiger charge is -2.37. The average molecular weight is 519 g/mol. The summed E-state index contributed by atoms with van der Waals surface area (Å²) in [5.41, 5.74) is -1.57. The molecule has 1 aromatic rings. The van der Waals surface area contributed by atoms with Crippen molar-refractivity contribution in [2.75, 3.05) is 31.2 Å². The second kappa shape index (κ2) is 10.1. The molecule has 2 bridgehead atoms. The van der Waals surface area contributed by atoms with E-state index in [0.717, 1.165) is 0 Å². The van der Waals surface area contributed by atoms with E-state index in [1.165, 1.54) is 4.90 Å². The number of likely N-dealkylation sites (tertiary alicyclic amines) is 1. The van der Waals surface area contributed by atoms with Gasteiger partial charge in [0.25, 0.3) is 5.91 Å². The fourth-order valence-electron chi connectivity index (χ4n) is 6.50. The summed E-state index contributed by atoms with van der Waals surface area (Å²) in [6, 6.07) is 6.09. The molecular weight excluding hydrogens is 484 g/mol. The van der Waals surface area contributed by atoms with Gasteiger partial charge in [-0.3, -0.25) is 14.4 Å². The number of para-hydroxylation sites is 1. The zero-order valence-corrected chi connectivity index (χ0v) is 21.9. The Hall–Kier alpha value is -2.42. The van der Waals surface area contributed by atoms with Gasteiger partial charge in [-0.2, -0.15) is 0 Å². The van der Waals surface area contributed by atoms with E-state index in [0.29, 0.717) is 30.0 Å². The number of hydrogen-bond acceptors (Lipinski definition) is 6. The number of esters is 1. The summed E-state index contributed by atoms with van der Waals surface area (Å²) in [5, 5.41) is 9.74. The molecule has 6 atom stereocenters. The van der Waals surface area contributed by atoms with E-state index in [1.807, 2.05) is 13.8 Å². The van der Waals surface area contributed by atoms with Crippen molar-refractivity contribution >= 4 is 35.1 Å². The summed E-state index contributed by atoms with van der Waals surface area (Å²) in [5.74, 6) is -2.78. The van der Waals surface area contributed by atoms with Crippen LogP contribution in [0.1, 0.15) is 40.0 Å². The molecule has 0 aliphatic carbocycles. The van der Waals surface area contributed by atoms with Crippen LogP contribution in [0.2, 0.25) is 5.02 Å². The lowest BCUT2D eigenvalue weighted by Crippen LogP contribution is -2.57. The highest BCUT2D eigenvalue weighted by molar-refractivity contribution is 6.34. The van der Waals surface area contributed by atoms with Gasteiger partial charge >= 0.3 is 5.97 Å². The van der Waals surface area contributed by atoms with E-state index < -0.39 is 35.0 Å². The lowest BCUT2D eigenvalue weighted by atomic mass is 9.62. The number of carbonyl (C=O) groups is 3.